The van der Waals surface area contributed by atoms with Gasteiger partial charge in [-0.15, -0.1) is 0 Å². The first-order valence-electron chi connectivity index (χ1n) is 8.33. The van der Waals surface area contributed by atoms with Gasteiger partial charge in [-0.05, 0) is 41.5 Å². The summed E-state index contributed by atoms with van der Waals surface area (Å²) in [4.78, 5) is 16.7. The second-order valence-corrected chi connectivity index (χ2v) is 5.91. The minimum absolute atomic E-state index is 0.189. The molecule has 0 aliphatic carbocycles. The highest BCUT2D eigenvalue weighted by atomic mass is 16.5. The van der Waals surface area contributed by atoms with Crippen LogP contribution < -0.4 is 14.8 Å². The molecule has 2 aromatic carbocycles. The van der Waals surface area contributed by atoms with E-state index in [2.05, 4.69) is 10.3 Å². The van der Waals surface area contributed by atoms with Crippen LogP contribution in [0.15, 0.2) is 60.9 Å². The fourth-order valence-electron chi connectivity index (χ4n) is 2.63. The van der Waals surface area contributed by atoms with Gasteiger partial charge in [0, 0.05) is 30.6 Å². The molecule has 0 aliphatic heterocycles. The Morgan fingerprint density at radius 1 is 0.963 bits per heavy atom. The standard InChI is InChI=1S/C21H20N2O4/c1-26-19-7-14(8-20(10-19)27-2)11-23-21(25)17-9-16(12-22-13-17)15-3-5-18(24)6-4-15/h3-10,12-13,24H,11H2,1-2H3,(H,23,25). The maximum atomic E-state index is 12.5. The van der Waals surface area contributed by atoms with Crippen molar-refractivity contribution in [2.45, 2.75) is 6.54 Å². The molecule has 0 atom stereocenters. The van der Waals surface area contributed by atoms with Crippen molar-refractivity contribution in [2.75, 3.05) is 14.2 Å². The highest BCUT2D eigenvalue weighted by molar-refractivity contribution is 5.95. The normalized spacial score (nSPS) is 10.3. The number of nitrogens with zero attached hydrogens (tertiary/aromatic N) is 1. The minimum Gasteiger partial charge on any atom is -0.508 e. The number of carbonyl (C=O) groups is 1. The summed E-state index contributed by atoms with van der Waals surface area (Å²) in [7, 11) is 3.16. The Balaban J connectivity index is 1.73. The molecule has 1 amide bonds. The van der Waals surface area contributed by atoms with Crippen molar-refractivity contribution in [1.29, 1.82) is 0 Å². The average Bonchev–Trinajstić information content (AvgIpc) is 2.72. The molecule has 0 bridgehead atoms. The lowest BCUT2D eigenvalue weighted by Gasteiger charge is -2.10. The fraction of sp³-hybridized carbons (Fsp3) is 0.143. The highest BCUT2D eigenvalue weighted by Crippen LogP contribution is 2.23. The molecule has 0 spiro atoms. The van der Waals surface area contributed by atoms with Gasteiger partial charge < -0.3 is 19.9 Å². The van der Waals surface area contributed by atoms with E-state index in [1.54, 1.807) is 56.8 Å². The number of rotatable bonds is 6. The van der Waals surface area contributed by atoms with E-state index in [9.17, 15) is 9.90 Å². The molecule has 0 unspecified atom stereocenters. The smallest absolute Gasteiger partial charge is 0.253 e. The molecule has 2 N–H and O–H groups in total. The van der Waals surface area contributed by atoms with Gasteiger partial charge in [0.25, 0.3) is 5.91 Å². The number of phenols is 1. The van der Waals surface area contributed by atoms with Crippen molar-refractivity contribution in [1.82, 2.24) is 10.3 Å². The van der Waals surface area contributed by atoms with E-state index in [1.807, 2.05) is 12.1 Å². The van der Waals surface area contributed by atoms with Crippen molar-refractivity contribution in [3.8, 4) is 28.4 Å². The van der Waals surface area contributed by atoms with Crippen molar-refractivity contribution >= 4 is 5.91 Å². The molecule has 6 heteroatoms. The number of aromatic nitrogens is 1. The number of pyridine rings is 1. The van der Waals surface area contributed by atoms with Crippen molar-refractivity contribution < 1.29 is 19.4 Å². The Hall–Kier alpha value is -3.54. The molecular formula is C21H20N2O4. The van der Waals surface area contributed by atoms with Gasteiger partial charge in [0.15, 0.2) is 0 Å². The molecule has 0 fully saturated rings. The number of nitrogens with one attached hydrogen (secondary N) is 1. The molecule has 6 nitrogen and oxygen atoms in total. The summed E-state index contributed by atoms with van der Waals surface area (Å²) in [6.07, 6.45) is 3.20. The van der Waals surface area contributed by atoms with Crippen LogP contribution in [-0.2, 0) is 6.54 Å². The third-order valence-electron chi connectivity index (χ3n) is 4.07. The maximum absolute atomic E-state index is 12.5. The van der Waals surface area contributed by atoms with Gasteiger partial charge in [0.1, 0.15) is 17.2 Å². The first-order valence-corrected chi connectivity index (χ1v) is 8.33. The van der Waals surface area contributed by atoms with E-state index in [-0.39, 0.29) is 11.7 Å². The third-order valence-corrected chi connectivity index (χ3v) is 4.07. The Bertz CT molecular complexity index is 917. The molecule has 0 saturated carbocycles. The largest absolute Gasteiger partial charge is 0.508 e. The summed E-state index contributed by atoms with van der Waals surface area (Å²) in [5.74, 6) is 1.28. The summed E-state index contributed by atoms with van der Waals surface area (Å²) in [5.41, 5.74) is 2.98. The monoisotopic (exact) mass is 364 g/mol. The molecule has 0 aliphatic rings. The predicted molar refractivity (Wildman–Crippen MR) is 102 cm³/mol. The summed E-state index contributed by atoms with van der Waals surface area (Å²) in [5, 5.41) is 12.3. The van der Waals surface area contributed by atoms with Gasteiger partial charge in [-0.25, -0.2) is 0 Å². The SMILES string of the molecule is COc1cc(CNC(=O)c2cncc(-c3ccc(O)cc3)c2)cc(OC)c1. The zero-order chi connectivity index (χ0) is 19.2. The zero-order valence-electron chi connectivity index (χ0n) is 15.1. The zero-order valence-corrected chi connectivity index (χ0v) is 15.1. The number of ether oxygens (including phenoxy) is 2. The van der Waals surface area contributed by atoms with E-state index < -0.39 is 0 Å². The van der Waals surface area contributed by atoms with Gasteiger partial charge in [0.05, 0.1) is 19.8 Å². The fourth-order valence-corrected chi connectivity index (χ4v) is 2.63. The van der Waals surface area contributed by atoms with Crippen LogP contribution >= 0.6 is 0 Å². The quantitative estimate of drug-likeness (QED) is 0.701. The molecule has 0 radical (unpaired) electrons. The van der Waals surface area contributed by atoms with Crippen LogP contribution in [0.1, 0.15) is 15.9 Å². The number of phenolic OH excluding ortho intramolecular Hbond substituents is 1. The van der Waals surface area contributed by atoms with Crippen molar-refractivity contribution in [3.05, 3.63) is 72.1 Å². The van der Waals surface area contributed by atoms with Gasteiger partial charge in [0.2, 0.25) is 0 Å². The minimum atomic E-state index is -0.232. The lowest BCUT2D eigenvalue weighted by molar-refractivity contribution is 0.0950. The van der Waals surface area contributed by atoms with Crippen molar-refractivity contribution in [2.24, 2.45) is 0 Å². The molecule has 138 valence electrons. The number of benzene rings is 2. The predicted octanol–water partition coefficient (Wildman–Crippen LogP) is 3.40. The van der Waals surface area contributed by atoms with E-state index in [0.29, 0.717) is 23.6 Å². The maximum Gasteiger partial charge on any atom is 0.253 e. The Labute approximate surface area is 157 Å². The number of amides is 1. The number of hydrogen-bond acceptors (Lipinski definition) is 5. The van der Waals surface area contributed by atoms with Crippen LogP contribution in [0.25, 0.3) is 11.1 Å². The Kier molecular flexibility index (Phi) is 5.56. The van der Waals surface area contributed by atoms with Crippen molar-refractivity contribution in [3.63, 3.8) is 0 Å². The molecule has 1 aromatic heterocycles. The second-order valence-electron chi connectivity index (χ2n) is 5.91. The number of carbonyl (C=O) groups excluding carboxylic acids is 1. The van der Waals surface area contributed by atoms with Gasteiger partial charge in [-0.3, -0.25) is 9.78 Å². The van der Waals surface area contributed by atoms with Crippen LogP contribution in [0.2, 0.25) is 0 Å². The second kappa shape index (κ2) is 8.23. The summed E-state index contributed by atoms with van der Waals surface area (Å²) in [6.45, 7) is 0.329. The van der Waals surface area contributed by atoms with E-state index >= 15 is 0 Å². The van der Waals surface area contributed by atoms with Gasteiger partial charge in [-0.1, -0.05) is 12.1 Å². The lowest BCUT2D eigenvalue weighted by atomic mass is 10.1. The van der Waals surface area contributed by atoms with Crippen LogP contribution in [0.4, 0.5) is 0 Å². The molecule has 1 heterocycles. The van der Waals surface area contributed by atoms with E-state index in [1.165, 1.54) is 6.20 Å². The Morgan fingerprint density at radius 3 is 2.26 bits per heavy atom. The third kappa shape index (κ3) is 4.55. The summed E-state index contributed by atoms with van der Waals surface area (Å²) in [6, 6.07) is 14.0. The topological polar surface area (TPSA) is 80.7 Å². The number of aromatic hydroxyl groups is 1. The lowest BCUT2D eigenvalue weighted by Crippen LogP contribution is -2.23. The molecular weight excluding hydrogens is 344 g/mol. The molecule has 3 aromatic rings. The number of methoxy groups -OCH3 is 2. The molecule has 0 saturated heterocycles. The van der Waals surface area contributed by atoms with Crippen LogP contribution in [0, 0.1) is 0 Å². The Morgan fingerprint density at radius 2 is 1.63 bits per heavy atom. The number of hydrogen-bond donors (Lipinski definition) is 2. The molecule has 27 heavy (non-hydrogen) atoms. The summed E-state index contributed by atoms with van der Waals surface area (Å²) < 4.78 is 10.5. The first-order chi connectivity index (χ1) is 13.1. The van der Waals surface area contributed by atoms with Gasteiger partial charge >= 0.3 is 0 Å². The summed E-state index contributed by atoms with van der Waals surface area (Å²) >= 11 is 0. The van der Waals surface area contributed by atoms with Crippen LogP contribution in [-0.4, -0.2) is 30.2 Å². The van der Waals surface area contributed by atoms with E-state index in [4.69, 9.17) is 9.47 Å². The van der Waals surface area contributed by atoms with E-state index in [0.717, 1.165) is 16.7 Å². The highest BCUT2D eigenvalue weighted by Gasteiger charge is 2.09. The molecule has 3 rings (SSSR count). The van der Waals surface area contributed by atoms with Gasteiger partial charge in [-0.2, -0.15) is 0 Å². The van der Waals surface area contributed by atoms with Crippen LogP contribution in [0.5, 0.6) is 17.2 Å². The first kappa shape index (κ1) is 18.3. The average molecular weight is 364 g/mol. The van der Waals surface area contributed by atoms with Crippen LogP contribution in [0.3, 0.4) is 0 Å².